The number of carboxylic acids is 1. The molecule has 0 radical (unpaired) electrons. The average Bonchev–Trinajstić information content (AvgIpc) is 2.82. The van der Waals surface area contributed by atoms with Crippen LogP contribution in [0, 0.1) is 0 Å². The summed E-state index contributed by atoms with van der Waals surface area (Å²) in [5.41, 5.74) is 0.836. The summed E-state index contributed by atoms with van der Waals surface area (Å²) < 4.78 is 5.64. The maximum Gasteiger partial charge on any atom is 0.349 e. The largest absolute Gasteiger partial charge is 0.487 e. The zero-order valence-electron chi connectivity index (χ0n) is 11.2. The third-order valence-corrected chi connectivity index (χ3v) is 4.59. The van der Waals surface area contributed by atoms with Gasteiger partial charge < -0.3 is 9.84 Å². The van der Waals surface area contributed by atoms with E-state index in [9.17, 15) is 9.90 Å². The summed E-state index contributed by atoms with van der Waals surface area (Å²) in [6.45, 7) is 4.30. The van der Waals surface area contributed by atoms with Crippen LogP contribution in [0.1, 0.15) is 39.9 Å². The molecule has 20 heavy (non-hydrogen) atoms. The molecule has 106 valence electrons. The van der Waals surface area contributed by atoms with E-state index in [-0.39, 0.29) is 17.4 Å². The molecule has 0 aliphatic heterocycles. The van der Waals surface area contributed by atoms with Gasteiger partial charge in [-0.3, -0.25) is 0 Å². The van der Waals surface area contributed by atoms with Crippen LogP contribution in [0.5, 0.6) is 5.75 Å². The summed E-state index contributed by atoms with van der Waals surface area (Å²) >= 11 is 7.31. The van der Waals surface area contributed by atoms with E-state index >= 15 is 0 Å². The number of thiophene rings is 1. The monoisotopic (exact) mass is 310 g/mol. The summed E-state index contributed by atoms with van der Waals surface area (Å²) in [7, 11) is 0. The zero-order chi connectivity index (χ0) is 14.7. The third kappa shape index (κ3) is 3.32. The molecule has 0 spiro atoms. The second-order valence-corrected chi connectivity index (χ2v) is 6.17. The number of halogens is 1. The van der Waals surface area contributed by atoms with Crippen molar-refractivity contribution in [1.82, 2.24) is 0 Å². The number of carboxylic acid groups (broad SMARTS) is 1. The van der Waals surface area contributed by atoms with E-state index < -0.39 is 5.97 Å². The Morgan fingerprint density at radius 2 is 2.10 bits per heavy atom. The first-order valence-corrected chi connectivity index (χ1v) is 7.41. The Morgan fingerprint density at radius 1 is 1.40 bits per heavy atom. The van der Waals surface area contributed by atoms with Crippen molar-refractivity contribution in [3.8, 4) is 5.75 Å². The van der Waals surface area contributed by atoms with E-state index in [0.29, 0.717) is 10.8 Å². The van der Waals surface area contributed by atoms with Gasteiger partial charge in [-0.15, -0.1) is 11.3 Å². The number of rotatable bonds is 5. The summed E-state index contributed by atoms with van der Waals surface area (Å²) in [6, 6.07) is 9.16. The van der Waals surface area contributed by atoms with E-state index in [0.717, 1.165) is 10.4 Å². The molecule has 0 aliphatic rings. The Hall–Kier alpha value is -1.52. The molecule has 3 nitrogen and oxygen atoms in total. The van der Waals surface area contributed by atoms with Crippen molar-refractivity contribution in [2.24, 2.45) is 0 Å². The fraction of sp³-hybridized carbons (Fsp3) is 0.267. The van der Waals surface area contributed by atoms with Gasteiger partial charge in [0, 0.05) is 15.5 Å². The normalized spacial score (nSPS) is 10.8. The molecular weight excluding hydrogens is 296 g/mol. The number of ether oxygens (including phenoxy) is 1. The number of hydrogen-bond acceptors (Lipinski definition) is 3. The summed E-state index contributed by atoms with van der Waals surface area (Å²) in [4.78, 5) is 12.5. The van der Waals surface area contributed by atoms with Gasteiger partial charge in [-0.2, -0.15) is 0 Å². The molecule has 5 heteroatoms. The molecule has 2 rings (SSSR count). The lowest BCUT2D eigenvalue weighted by Crippen LogP contribution is -2.00. The summed E-state index contributed by atoms with van der Waals surface area (Å²) in [6.07, 6.45) is 0. The van der Waals surface area contributed by atoms with Gasteiger partial charge in [-0.05, 0) is 18.1 Å². The second kappa shape index (κ2) is 6.29. The minimum absolute atomic E-state index is 0.237. The fourth-order valence-electron chi connectivity index (χ4n) is 1.70. The molecule has 1 N–H and O–H groups in total. The topological polar surface area (TPSA) is 46.5 Å². The van der Waals surface area contributed by atoms with E-state index in [4.69, 9.17) is 16.3 Å². The molecule has 1 aromatic carbocycles. The van der Waals surface area contributed by atoms with Crippen LogP contribution in [0.25, 0.3) is 0 Å². The van der Waals surface area contributed by atoms with Crippen LogP contribution in [0.4, 0.5) is 0 Å². The van der Waals surface area contributed by atoms with Gasteiger partial charge in [-0.1, -0.05) is 43.6 Å². The van der Waals surface area contributed by atoms with Crippen molar-refractivity contribution in [2.45, 2.75) is 26.4 Å². The quantitative estimate of drug-likeness (QED) is 0.862. The zero-order valence-corrected chi connectivity index (χ0v) is 12.8. The molecule has 1 aromatic heterocycles. The molecule has 0 atom stereocenters. The number of aromatic carboxylic acids is 1. The molecule has 0 amide bonds. The third-order valence-electron chi connectivity index (χ3n) is 2.82. The predicted molar refractivity (Wildman–Crippen MR) is 81.2 cm³/mol. The molecule has 0 bridgehead atoms. The first-order chi connectivity index (χ1) is 9.49. The van der Waals surface area contributed by atoms with Crippen LogP contribution in [0.3, 0.4) is 0 Å². The highest BCUT2D eigenvalue weighted by Crippen LogP contribution is 2.34. The Balaban J connectivity index is 2.20. The van der Waals surface area contributed by atoms with Crippen molar-refractivity contribution in [3.63, 3.8) is 0 Å². The molecule has 0 fully saturated rings. The van der Waals surface area contributed by atoms with Gasteiger partial charge in [0.2, 0.25) is 0 Å². The smallest absolute Gasteiger partial charge is 0.349 e. The van der Waals surface area contributed by atoms with Gasteiger partial charge >= 0.3 is 5.97 Å². The van der Waals surface area contributed by atoms with Gasteiger partial charge in [0.25, 0.3) is 0 Å². The lowest BCUT2D eigenvalue weighted by molar-refractivity contribution is 0.0697. The minimum atomic E-state index is -0.962. The minimum Gasteiger partial charge on any atom is -0.487 e. The van der Waals surface area contributed by atoms with Crippen molar-refractivity contribution < 1.29 is 14.6 Å². The second-order valence-electron chi connectivity index (χ2n) is 4.68. The number of hydrogen-bond donors (Lipinski definition) is 1. The lowest BCUT2D eigenvalue weighted by atomic mass is 10.2. The molecule has 0 saturated carbocycles. The summed E-state index contributed by atoms with van der Waals surface area (Å²) in [5, 5.41) is 9.83. The Kier molecular flexibility index (Phi) is 4.68. The highest BCUT2D eigenvalue weighted by Gasteiger charge is 2.18. The van der Waals surface area contributed by atoms with E-state index in [2.05, 4.69) is 0 Å². The number of benzene rings is 1. The average molecular weight is 311 g/mol. The van der Waals surface area contributed by atoms with Crippen molar-refractivity contribution >= 4 is 28.9 Å². The van der Waals surface area contributed by atoms with Crippen molar-refractivity contribution in [3.05, 3.63) is 50.7 Å². The highest BCUT2D eigenvalue weighted by molar-refractivity contribution is 7.14. The van der Waals surface area contributed by atoms with Crippen LogP contribution in [-0.2, 0) is 6.61 Å². The Morgan fingerprint density at radius 3 is 2.70 bits per heavy atom. The SMILES string of the molecule is CC(C)c1cc(OCc2ccccc2Cl)c(C(=O)O)s1. The number of carbonyl (C=O) groups is 1. The van der Waals surface area contributed by atoms with E-state index in [1.165, 1.54) is 11.3 Å². The van der Waals surface area contributed by atoms with Crippen LogP contribution >= 0.6 is 22.9 Å². The lowest BCUT2D eigenvalue weighted by Gasteiger charge is -2.07. The van der Waals surface area contributed by atoms with E-state index in [1.807, 2.05) is 32.0 Å². The first-order valence-electron chi connectivity index (χ1n) is 6.22. The molecule has 1 heterocycles. The molecule has 0 saturated heterocycles. The standard InChI is InChI=1S/C15H15ClO3S/c1-9(2)13-7-12(14(20-13)15(17)18)19-8-10-5-3-4-6-11(10)16/h3-7,9H,8H2,1-2H3,(H,17,18). The van der Waals surface area contributed by atoms with Crippen molar-refractivity contribution in [2.75, 3.05) is 0 Å². The molecule has 0 unspecified atom stereocenters. The fourth-order valence-corrected chi connectivity index (χ4v) is 2.84. The van der Waals surface area contributed by atoms with Crippen LogP contribution < -0.4 is 4.74 Å². The van der Waals surface area contributed by atoms with Gasteiger partial charge in [-0.25, -0.2) is 4.79 Å². The predicted octanol–water partition coefficient (Wildman–Crippen LogP) is 4.80. The maximum atomic E-state index is 11.2. The maximum absolute atomic E-state index is 11.2. The Labute approximate surface area is 126 Å². The first kappa shape index (κ1) is 14.9. The molecular formula is C15H15ClO3S. The van der Waals surface area contributed by atoms with Gasteiger partial charge in [0.1, 0.15) is 12.4 Å². The van der Waals surface area contributed by atoms with Crippen LogP contribution in [0.15, 0.2) is 30.3 Å². The van der Waals surface area contributed by atoms with E-state index in [1.54, 1.807) is 12.1 Å². The van der Waals surface area contributed by atoms with Gasteiger partial charge in [0.15, 0.2) is 4.88 Å². The van der Waals surface area contributed by atoms with Gasteiger partial charge in [0.05, 0.1) is 0 Å². The van der Waals surface area contributed by atoms with Crippen LogP contribution in [0.2, 0.25) is 5.02 Å². The molecule has 0 aliphatic carbocycles. The Bertz CT molecular complexity index is 619. The highest BCUT2D eigenvalue weighted by atomic mass is 35.5. The van der Waals surface area contributed by atoms with Crippen molar-refractivity contribution in [1.29, 1.82) is 0 Å². The molecule has 2 aromatic rings. The summed E-state index contributed by atoms with van der Waals surface area (Å²) in [5.74, 6) is -0.280. The van der Waals surface area contributed by atoms with Crippen LogP contribution in [-0.4, -0.2) is 11.1 Å².